The maximum absolute atomic E-state index is 13.5. The Morgan fingerprint density at radius 3 is 2.48 bits per heavy atom. The van der Waals surface area contributed by atoms with Crippen LogP contribution in [0.15, 0.2) is 18.2 Å². The standard InChI is InChI=1S/C17H22F2O2/c1-11-7-12(9-17(2,3)8-11)21-10-15(20)16-13(18)5-4-6-14(16)19/h4-6,11-12H,7-10H2,1-3H3. The molecule has 0 spiro atoms. The molecule has 1 aliphatic carbocycles. The summed E-state index contributed by atoms with van der Waals surface area (Å²) in [5, 5.41) is 0. The molecule has 1 aromatic rings. The molecule has 0 saturated heterocycles. The molecule has 4 heteroatoms. The fourth-order valence-electron chi connectivity index (χ4n) is 3.42. The lowest BCUT2D eigenvalue weighted by molar-refractivity contribution is -0.0169. The Balaban J connectivity index is 1.98. The molecule has 1 saturated carbocycles. The van der Waals surface area contributed by atoms with Gasteiger partial charge in [-0.3, -0.25) is 4.79 Å². The third kappa shape index (κ3) is 4.10. The topological polar surface area (TPSA) is 26.3 Å². The van der Waals surface area contributed by atoms with Crippen LogP contribution >= 0.6 is 0 Å². The average molecular weight is 296 g/mol. The predicted molar refractivity (Wildman–Crippen MR) is 77.2 cm³/mol. The minimum Gasteiger partial charge on any atom is -0.370 e. The van der Waals surface area contributed by atoms with E-state index < -0.39 is 23.0 Å². The first kappa shape index (κ1) is 16.1. The van der Waals surface area contributed by atoms with E-state index in [-0.39, 0.29) is 18.1 Å². The van der Waals surface area contributed by atoms with Crippen molar-refractivity contribution >= 4 is 5.78 Å². The lowest BCUT2D eigenvalue weighted by Gasteiger charge is -2.38. The van der Waals surface area contributed by atoms with Crippen molar-refractivity contribution < 1.29 is 18.3 Å². The first-order chi connectivity index (χ1) is 9.78. The van der Waals surface area contributed by atoms with Gasteiger partial charge in [-0.1, -0.05) is 26.8 Å². The fourth-order valence-corrected chi connectivity index (χ4v) is 3.42. The highest BCUT2D eigenvalue weighted by atomic mass is 19.1. The number of Topliss-reactive ketones (excluding diaryl/α,β-unsaturated/α-hetero) is 1. The molecule has 21 heavy (non-hydrogen) atoms. The number of ether oxygens (including phenoxy) is 1. The highest BCUT2D eigenvalue weighted by Gasteiger charge is 2.33. The van der Waals surface area contributed by atoms with Crippen molar-refractivity contribution in [2.24, 2.45) is 11.3 Å². The van der Waals surface area contributed by atoms with Gasteiger partial charge in [-0.25, -0.2) is 8.78 Å². The third-order valence-electron chi connectivity index (χ3n) is 4.04. The van der Waals surface area contributed by atoms with Gasteiger partial charge in [0.1, 0.15) is 18.2 Å². The summed E-state index contributed by atoms with van der Waals surface area (Å²) in [6, 6.07) is 3.41. The number of ketones is 1. The lowest BCUT2D eigenvalue weighted by Crippen LogP contribution is -2.33. The molecule has 2 nitrogen and oxygen atoms in total. The van der Waals surface area contributed by atoms with E-state index in [0.29, 0.717) is 5.92 Å². The van der Waals surface area contributed by atoms with Gasteiger partial charge < -0.3 is 4.74 Å². The molecule has 0 amide bonds. The van der Waals surface area contributed by atoms with Crippen LogP contribution in [-0.4, -0.2) is 18.5 Å². The van der Waals surface area contributed by atoms with Crippen LogP contribution < -0.4 is 0 Å². The van der Waals surface area contributed by atoms with E-state index in [4.69, 9.17) is 4.74 Å². The van der Waals surface area contributed by atoms with E-state index in [1.165, 1.54) is 6.07 Å². The van der Waals surface area contributed by atoms with Crippen LogP contribution in [0.3, 0.4) is 0 Å². The van der Waals surface area contributed by atoms with Crippen LogP contribution in [0, 0.1) is 23.0 Å². The molecule has 1 fully saturated rings. The predicted octanol–water partition coefficient (Wildman–Crippen LogP) is 4.38. The van der Waals surface area contributed by atoms with Gasteiger partial charge in [0.15, 0.2) is 5.78 Å². The lowest BCUT2D eigenvalue weighted by atomic mass is 9.71. The van der Waals surface area contributed by atoms with Crippen LogP contribution in [0.1, 0.15) is 50.4 Å². The van der Waals surface area contributed by atoms with Crippen LogP contribution in [0.4, 0.5) is 8.78 Å². The highest BCUT2D eigenvalue weighted by Crippen LogP contribution is 2.39. The molecule has 116 valence electrons. The number of carbonyl (C=O) groups is 1. The van der Waals surface area contributed by atoms with Crippen molar-refractivity contribution in [3.05, 3.63) is 35.4 Å². The van der Waals surface area contributed by atoms with Crippen LogP contribution in [0.5, 0.6) is 0 Å². The molecule has 0 heterocycles. The summed E-state index contributed by atoms with van der Waals surface area (Å²) < 4.78 is 32.7. The maximum atomic E-state index is 13.5. The van der Waals surface area contributed by atoms with E-state index in [9.17, 15) is 13.6 Å². The molecular formula is C17H22F2O2. The molecular weight excluding hydrogens is 274 g/mol. The monoisotopic (exact) mass is 296 g/mol. The van der Waals surface area contributed by atoms with Gasteiger partial charge >= 0.3 is 0 Å². The van der Waals surface area contributed by atoms with Crippen molar-refractivity contribution in [3.8, 4) is 0 Å². The molecule has 0 bridgehead atoms. The van der Waals surface area contributed by atoms with E-state index >= 15 is 0 Å². The Morgan fingerprint density at radius 2 is 1.90 bits per heavy atom. The molecule has 2 unspecified atom stereocenters. The van der Waals surface area contributed by atoms with Gasteiger partial charge in [-0.15, -0.1) is 0 Å². The Kier molecular flexibility index (Phi) is 4.77. The minimum absolute atomic E-state index is 0.0254. The number of benzene rings is 1. The molecule has 0 N–H and O–H groups in total. The summed E-state index contributed by atoms with van der Waals surface area (Å²) in [4.78, 5) is 12.0. The van der Waals surface area contributed by atoms with Gasteiger partial charge in [-0.2, -0.15) is 0 Å². The van der Waals surface area contributed by atoms with E-state index in [2.05, 4.69) is 20.8 Å². The van der Waals surface area contributed by atoms with Gasteiger partial charge in [-0.05, 0) is 42.7 Å². The Bertz CT molecular complexity index is 505. The van der Waals surface area contributed by atoms with Gasteiger partial charge in [0.05, 0.1) is 11.7 Å². The number of halogens is 2. The number of rotatable bonds is 4. The van der Waals surface area contributed by atoms with Crippen molar-refractivity contribution in [3.63, 3.8) is 0 Å². The average Bonchev–Trinajstić information content (AvgIpc) is 2.33. The number of carbonyl (C=O) groups excluding carboxylic acids is 1. The molecule has 0 aliphatic heterocycles. The van der Waals surface area contributed by atoms with Crippen LogP contribution in [-0.2, 0) is 4.74 Å². The molecule has 0 radical (unpaired) electrons. The van der Waals surface area contributed by atoms with E-state index in [0.717, 1.165) is 31.4 Å². The summed E-state index contributed by atoms with van der Waals surface area (Å²) in [5.74, 6) is -1.78. The van der Waals surface area contributed by atoms with Gasteiger partial charge in [0, 0.05) is 0 Å². The SMILES string of the molecule is CC1CC(OCC(=O)c2c(F)cccc2F)CC(C)(C)C1. The third-order valence-corrected chi connectivity index (χ3v) is 4.04. The second-order valence-electron chi connectivity index (χ2n) is 6.87. The molecule has 0 aromatic heterocycles. The Hall–Kier alpha value is -1.29. The summed E-state index contributed by atoms with van der Waals surface area (Å²) >= 11 is 0. The van der Waals surface area contributed by atoms with Crippen LogP contribution in [0.2, 0.25) is 0 Å². The number of hydrogen-bond donors (Lipinski definition) is 0. The van der Waals surface area contributed by atoms with Crippen molar-refractivity contribution in [1.29, 1.82) is 0 Å². The van der Waals surface area contributed by atoms with Crippen molar-refractivity contribution in [2.45, 2.75) is 46.1 Å². The maximum Gasteiger partial charge on any atom is 0.194 e. The van der Waals surface area contributed by atoms with E-state index in [1.54, 1.807) is 0 Å². The largest absolute Gasteiger partial charge is 0.370 e. The smallest absolute Gasteiger partial charge is 0.194 e. The summed E-state index contributed by atoms with van der Waals surface area (Å²) in [6.45, 7) is 6.25. The van der Waals surface area contributed by atoms with Gasteiger partial charge in [0.2, 0.25) is 0 Å². The van der Waals surface area contributed by atoms with Gasteiger partial charge in [0.25, 0.3) is 0 Å². The van der Waals surface area contributed by atoms with Crippen molar-refractivity contribution in [1.82, 2.24) is 0 Å². The zero-order chi connectivity index (χ0) is 15.6. The molecule has 2 atom stereocenters. The second kappa shape index (κ2) is 6.22. The quantitative estimate of drug-likeness (QED) is 0.771. The van der Waals surface area contributed by atoms with E-state index in [1.807, 2.05) is 0 Å². The second-order valence-corrected chi connectivity index (χ2v) is 6.87. The summed E-state index contributed by atoms with van der Waals surface area (Å²) in [6.07, 6.45) is 2.85. The molecule has 1 aliphatic rings. The normalized spacial score (nSPS) is 24.8. The minimum atomic E-state index is -0.832. The zero-order valence-corrected chi connectivity index (χ0v) is 12.8. The summed E-state index contributed by atoms with van der Waals surface area (Å²) in [5.41, 5.74) is -0.324. The fraction of sp³-hybridized carbons (Fsp3) is 0.588. The zero-order valence-electron chi connectivity index (χ0n) is 12.8. The Labute approximate surface area is 124 Å². The molecule has 1 aromatic carbocycles. The van der Waals surface area contributed by atoms with Crippen molar-refractivity contribution in [2.75, 3.05) is 6.61 Å². The highest BCUT2D eigenvalue weighted by molar-refractivity contribution is 5.97. The Morgan fingerprint density at radius 1 is 1.29 bits per heavy atom. The summed E-state index contributed by atoms with van der Waals surface area (Å²) in [7, 11) is 0. The first-order valence-electron chi connectivity index (χ1n) is 7.37. The molecule has 2 rings (SSSR count). The number of hydrogen-bond acceptors (Lipinski definition) is 2. The first-order valence-corrected chi connectivity index (χ1v) is 7.37. The van der Waals surface area contributed by atoms with Crippen LogP contribution in [0.25, 0.3) is 0 Å².